The van der Waals surface area contributed by atoms with E-state index in [4.69, 9.17) is 0 Å². The standard InChI is InChI=1S/C15H28N4/c1-5-15(2,3)12-6-8-13(9-7-12)16-10-14-17-11-19(4)18-14/h11-13,16H,5-10H2,1-4H3. The van der Waals surface area contributed by atoms with Crippen molar-refractivity contribution < 1.29 is 0 Å². The molecule has 2 rings (SSSR count). The minimum atomic E-state index is 0.507. The summed E-state index contributed by atoms with van der Waals surface area (Å²) in [6.45, 7) is 7.96. The van der Waals surface area contributed by atoms with Crippen molar-refractivity contribution >= 4 is 0 Å². The van der Waals surface area contributed by atoms with E-state index >= 15 is 0 Å². The van der Waals surface area contributed by atoms with E-state index in [0.717, 1.165) is 18.3 Å². The lowest BCUT2D eigenvalue weighted by atomic mass is 9.69. The molecule has 0 spiro atoms. The molecular weight excluding hydrogens is 236 g/mol. The minimum Gasteiger partial charge on any atom is -0.307 e. The Morgan fingerprint density at radius 2 is 2.00 bits per heavy atom. The van der Waals surface area contributed by atoms with Crippen LogP contribution >= 0.6 is 0 Å². The number of nitrogens with one attached hydrogen (secondary N) is 1. The van der Waals surface area contributed by atoms with Crippen molar-refractivity contribution in [3.63, 3.8) is 0 Å². The van der Waals surface area contributed by atoms with Gasteiger partial charge in [0, 0.05) is 13.1 Å². The molecule has 0 radical (unpaired) electrons. The Morgan fingerprint density at radius 1 is 1.32 bits per heavy atom. The van der Waals surface area contributed by atoms with Crippen molar-refractivity contribution in [3.8, 4) is 0 Å². The van der Waals surface area contributed by atoms with Gasteiger partial charge in [0.2, 0.25) is 0 Å². The zero-order valence-electron chi connectivity index (χ0n) is 12.8. The molecule has 1 heterocycles. The van der Waals surface area contributed by atoms with E-state index in [1.165, 1.54) is 32.1 Å². The highest BCUT2D eigenvalue weighted by atomic mass is 15.3. The largest absolute Gasteiger partial charge is 0.307 e. The predicted molar refractivity (Wildman–Crippen MR) is 77.7 cm³/mol. The fourth-order valence-electron chi connectivity index (χ4n) is 3.07. The number of aromatic nitrogens is 3. The molecule has 0 amide bonds. The van der Waals surface area contributed by atoms with Gasteiger partial charge in [0.05, 0.1) is 6.54 Å². The van der Waals surface area contributed by atoms with Crippen LogP contribution in [0.2, 0.25) is 0 Å². The summed E-state index contributed by atoms with van der Waals surface area (Å²) in [6.07, 6.45) is 8.34. The topological polar surface area (TPSA) is 42.7 Å². The van der Waals surface area contributed by atoms with Gasteiger partial charge in [-0.2, -0.15) is 5.10 Å². The quantitative estimate of drug-likeness (QED) is 0.889. The van der Waals surface area contributed by atoms with Crippen LogP contribution in [0.1, 0.15) is 58.7 Å². The Balaban J connectivity index is 1.74. The van der Waals surface area contributed by atoms with E-state index in [0.29, 0.717) is 11.5 Å². The number of nitrogens with zero attached hydrogens (tertiary/aromatic N) is 3. The first-order chi connectivity index (χ1) is 9.01. The van der Waals surface area contributed by atoms with Crippen LogP contribution in [-0.4, -0.2) is 20.8 Å². The minimum absolute atomic E-state index is 0.507. The molecule has 1 aliphatic rings. The molecule has 108 valence electrons. The third kappa shape index (κ3) is 3.78. The molecular formula is C15H28N4. The zero-order valence-corrected chi connectivity index (χ0v) is 12.8. The highest BCUT2D eigenvalue weighted by Gasteiger charge is 2.31. The fourth-order valence-corrected chi connectivity index (χ4v) is 3.07. The molecule has 19 heavy (non-hydrogen) atoms. The Morgan fingerprint density at radius 3 is 2.53 bits per heavy atom. The molecule has 0 saturated heterocycles. The van der Waals surface area contributed by atoms with Crippen LogP contribution < -0.4 is 5.32 Å². The van der Waals surface area contributed by atoms with E-state index in [2.05, 4.69) is 36.2 Å². The van der Waals surface area contributed by atoms with Crippen molar-refractivity contribution in [2.75, 3.05) is 0 Å². The van der Waals surface area contributed by atoms with Crippen LogP contribution in [0.15, 0.2) is 6.33 Å². The number of rotatable bonds is 5. The van der Waals surface area contributed by atoms with Gasteiger partial charge in [-0.15, -0.1) is 0 Å². The maximum atomic E-state index is 4.31. The van der Waals surface area contributed by atoms with Gasteiger partial charge in [0.15, 0.2) is 5.82 Å². The molecule has 1 saturated carbocycles. The number of hydrogen-bond acceptors (Lipinski definition) is 3. The molecule has 0 aliphatic heterocycles. The van der Waals surface area contributed by atoms with Crippen LogP contribution in [-0.2, 0) is 13.6 Å². The Kier molecular flexibility index (Phi) is 4.61. The normalized spacial score (nSPS) is 24.6. The van der Waals surface area contributed by atoms with Crippen molar-refractivity contribution in [2.24, 2.45) is 18.4 Å². The van der Waals surface area contributed by atoms with Gasteiger partial charge >= 0.3 is 0 Å². The van der Waals surface area contributed by atoms with Crippen LogP contribution in [0, 0.1) is 11.3 Å². The lowest BCUT2D eigenvalue weighted by Gasteiger charge is -2.39. The fraction of sp³-hybridized carbons (Fsp3) is 0.867. The third-order valence-electron chi connectivity index (χ3n) is 4.94. The molecule has 0 bridgehead atoms. The highest BCUT2D eigenvalue weighted by molar-refractivity contribution is 4.87. The smallest absolute Gasteiger partial charge is 0.164 e. The summed E-state index contributed by atoms with van der Waals surface area (Å²) in [4.78, 5) is 4.26. The Bertz CT molecular complexity index is 389. The maximum absolute atomic E-state index is 4.31. The van der Waals surface area contributed by atoms with Gasteiger partial charge in [-0.3, -0.25) is 4.68 Å². The molecule has 1 fully saturated rings. The summed E-state index contributed by atoms with van der Waals surface area (Å²) in [7, 11) is 1.91. The lowest BCUT2D eigenvalue weighted by molar-refractivity contribution is 0.136. The monoisotopic (exact) mass is 264 g/mol. The number of hydrogen-bond donors (Lipinski definition) is 1. The van der Waals surface area contributed by atoms with Crippen molar-refractivity contribution in [3.05, 3.63) is 12.2 Å². The van der Waals surface area contributed by atoms with E-state index < -0.39 is 0 Å². The summed E-state index contributed by atoms with van der Waals surface area (Å²) in [6, 6.07) is 0.646. The van der Waals surface area contributed by atoms with Crippen LogP contribution in [0.3, 0.4) is 0 Å². The molecule has 1 N–H and O–H groups in total. The molecule has 1 aromatic rings. The Labute approximate surface area is 117 Å². The summed E-state index contributed by atoms with van der Waals surface area (Å²) in [5.41, 5.74) is 0.507. The molecule has 1 aliphatic carbocycles. The van der Waals surface area contributed by atoms with E-state index in [-0.39, 0.29) is 0 Å². The van der Waals surface area contributed by atoms with Crippen LogP contribution in [0.25, 0.3) is 0 Å². The van der Waals surface area contributed by atoms with Gasteiger partial charge in [0.25, 0.3) is 0 Å². The van der Waals surface area contributed by atoms with Gasteiger partial charge in [0.1, 0.15) is 6.33 Å². The zero-order chi connectivity index (χ0) is 13.9. The first kappa shape index (κ1) is 14.5. The summed E-state index contributed by atoms with van der Waals surface area (Å²) < 4.78 is 1.76. The molecule has 4 heteroatoms. The second-order valence-electron chi connectivity index (χ2n) is 6.61. The van der Waals surface area contributed by atoms with E-state index in [1.807, 2.05) is 7.05 Å². The van der Waals surface area contributed by atoms with Gasteiger partial charge in [-0.25, -0.2) is 4.98 Å². The highest BCUT2D eigenvalue weighted by Crippen LogP contribution is 2.40. The van der Waals surface area contributed by atoms with Crippen molar-refractivity contribution in [2.45, 2.75) is 65.5 Å². The Hall–Kier alpha value is -0.900. The van der Waals surface area contributed by atoms with Gasteiger partial charge < -0.3 is 5.32 Å². The maximum Gasteiger partial charge on any atom is 0.164 e. The van der Waals surface area contributed by atoms with E-state index in [1.54, 1.807) is 11.0 Å². The first-order valence-corrected chi connectivity index (χ1v) is 7.59. The van der Waals surface area contributed by atoms with Gasteiger partial charge in [-0.05, 0) is 37.0 Å². The molecule has 4 nitrogen and oxygen atoms in total. The SMILES string of the molecule is CCC(C)(C)C1CCC(NCc2ncn(C)n2)CC1. The molecule has 1 aromatic heterocycles. The van der Waals surface area contributed by atoms with Gasteiger partial charge in [-0.1, -0.05) is 27.2 Å². The molecule has 0 atom stereocenters. The third-order valence-corrected chi connectivity index (χ3v) is 4.94. The first-order valence-electron chi connectivity index (χ1n) is 7.59. The second-order valence-corrected chi connectivity index (χ2v) is 6.61. The summed E-state index contributed by atoms with van der Waals surface area (Å²) in [5, 5.41) is 7.91. The molecule has 0 unspecified atom stereocenters. The summed E-state index contributed by atoms with van der Waals surface area (Å²) in [5.74, 6) is 1.79. The van der Waals surface area contributed by atoms with Crippen LogP contribution in [0.4, 0.5) is 0 Å². The number of aryl methyl sites for hydroxylation is 1. The van der Waals surface area contributed by atoms with Crippen molar-refractivity contribution in [1.29, 1.82) is 0 Å². The average Bonchev–Trinajstić information content (AvgIpc) is 2.83. The van der Waals surface area contributed by atoms with Crippen molar-refractivity contribution in [1.82, 2.24) is 20.1 Å². The van der Waals surface area contributed by atoms with Crippen LogP contribution in [0.5, 0.6) is 0 Å². The van der Waals surface area contributed by atoms with E-state index in [9.17, 15) is 0 Å². The lowest BCUT2D eigenvalue weighted by Crippen LogP contribution is -2.36. The summed E-state index contributed by atoms with van der Waals surface area (Å²) >= 11 is 0. The molecule has 0 aromatic carbocycles. The second kappa shape index (κ2) is 6.04. The predicted octanol–water partition coefficient (Wildman–Crippen LogP) is 2.90. The average molecular weight is 264 g/mol.